The lowest BCUT2D eigenvalue weighted by Gasteiger charge is -2.31. The zero-order chi connectivity index (χ0) is 18.3. The number of aliphatic hydroxyl groups is 1. The summed E-state index contributed by atoms with van der Waals surface area (Å²) < 4.78 is 5.51. The average molecular weight is 340 g/mol. The Bertz CT molecular complexity index is 507. The summed E-state index contributed by atoms with van der Waals surface area (Å²) in [5.74, 6) is -1.34. The third kappa shape index (κ3) is 5.63. The van der Waals surface area contributed by atoms with Crippen LogP contribution in [-0.4, -0.2) is 58.9 Å². The van der Waals surface area contributed by atoms with Crippen molar-refractivity contribution in [3.8, 4) is 0 Å². The third-order valence-corrected chi connectivity index (χ3v) is 3.59. The number of carbonyl (C=O) groups excluding carboxylic acids is 3. The van der Waals surface area contributed by atoms with Crippen LogP contribution in [0.1, 0.15) is 47.0 Å². The van der Waals surface area contributed by atoms with Crippen LogP contribution < -0.4 is 5.32 Å². The van der Waals surface area contributed by atoms with Gasteiger partial charge in [-0.15, -0.1) is 0 Å². The largest absolute Gasteiger partial charge is 0.482 e. The summed E-state index contributed by atoms with van der Waals surface area (Å²) >= 11 is 0. The molecule has 0 radical (unpaired) electrons. The molecule has 1 heterocycles. The Morgan fingerprint density at radius 1 is 1.33 bits per heavy atom. The standard InChI is InChI=1S/C17H28N2O5/c1-5-7-19(8-6-2)16(23)13(11-20)18-15(22)14-9-12(21)10-17(3,4)24-14/h9,13,20H,5-8,10-11H2,1-4H3,(H,18,22). The fourth-order valence-corrected chi connectivity index (χ4v) is 2.60. The molecule has 2 amide bonds. The summed E-state index contributed by atoms with van der Waals surface area (Å²) in [5.41, 5.74) is -0.770. The van der Waals surface area contributed by atoms with Gasteiger partial charge in [-0.2, -0.15) is 0 Å². The molecule has 0 aromatic heterocycles. The highest BCUT2D eigenvalue weighted by Crippen LogP contribution is 2.24. The first-order chi connectivity index (χ1) is 11.2. The van der Waals surface area contributed by atoms with Gasteiger partial charge >= 0.3 is 0 Å². The highest BCUT2D eigenvalue weighted by atomic mass is 16.5. The molecule has 1 aliphatic rings. The molecule has 7 heteroatoms. The van der Waals surface area contributed by atoms with Gasteiger partial charge in [0.2, 0.25) is 5.91 Å². The number of ether oxygens (including phenoxy) is 1. The molecule has 0 aromatic carbocycles. The van der Waals surface area contributed by atoms with Gasteiger partial charge in [0.25, 0.3) is 5.91 Å². The van der Waals surface area contributed by atoms with E-state index in [0.717, 1.165) is 18.9 Å². The van der Waals surface area contributed by atoms with E-state index < -0.39 is 24.2 Å². The van der Waals surface area contributed by atoms with E-state index in [-0.39, 0.29) is 23.9 Å². The molecule has 1 atom stereocenters. The van der Waals surface area contributed by atoms with Crippen molar-refractivity contribution in [2.24, 2.45) is 0 Å². The quantitative estimate of drug-likeness (QED) is 0.680. The minimum absolute atomic E-state index is 0.125. The van der Waals surface area contributed by atoms with E-state index >= 15 is 0 Å². The van der Waals surface area contributed by atoms with Gasteiger partial charge in [-0.3, -0.25) is 14.4 Å². The Morgan fingerprint density at radius 3 is 2.38 bits per heavy atom. The maximum absolute atomic E-state index is 12.5. The van der Waals surface area contributed by atoms with E-state index in [9.17, 15) is 19.5 Å². The van der Waals surface area contributed by atoms with Crippen LogP contribution in [0.15, 0.2) is 11.8 Å². The van der Waals surface area contributed by atoms with Crippen LogP contribution in [0.2, 0.25) is 0 Å². The molecule has 2 N–H and O–H groups in total. The average Bonchev–Trinajstić information content (AvgIpc) is 2.49. The molecule has 0 aliphatic carbocycles. The number of hydrogen-bond donors (Lipinski definition) is 2. The molecule has 0 fully saturated rings. The molecule has 1 unspecified atom stereocenters. The fourth-order valence-electron chi connectivity index (χ4n) is 2.60. The molecule has 136 valence electrons. The predicted molar refractivity (Wildman–Crippen MR) is 89.0 cm³/mol. The molecule has 7 nitrogen and oxygen atoms in total. The van der Waals surface area contributed by atoms with E-state index in [0.29, 0.717) is 13.1 Å². The maximum Gasteiger partial charge on any atom is 0.287 e. The minimum atomic E-state index is -1.06. The van der Waals surface area contributed by atoms with E-state index in [2.05, 4.69) is 5.32 Å². The Morgan fingerprint density at radius 2 is 1.92 bits per heavy atom. The summed E-state index contributed by atoms with van der Waals surface area (Å²) in [4.78, 5) is 38.1. The highest BCUT2D eigenvalue weighted by molar-refractivity contribution is 6.03. The number of carbonyl (C=O) groups is 3. The summed E-state index contributed by atoms with van der Waals surface area (Å²) in [6.07, 6.45) is 2.89. The first-order valence-corrected chi connectivity index (χ1v) is 8.38. The Hall–Kier alpha value is -1.89. The van der Waals surface area contributed by atoms with Gasteiger partial charge < -0.3 is 20.1 Å². The minimum Gasteiger partial charge on any atom is -0.482 e. The van der Waals surface area contributed by atoms with Gasteiger partial charge in [-0.1, -0.05) is 13.8 Å². The number of aliphatic hydroxyl groups excluding tert-OH is 1. The number of ketones is 1. The number of hydrogen-bond acceptors (Lipinski definition) is 5. The second kappa shape index (κ2) is 8.82. The SMILES string of the molecule is CCCN(CCC)C(=O)C(CO)NC(=O)C1=CC(=O)CC(C)(C)O1. The van der Waals surface area contributed by atoms with Crippen LogP contribution in [0.5, 0.6) is 0 Å². The Labute approximate surface area is 143 Å². The third-order valence-electron chi connectivity index (χ3n) is 3.59. The number of rotatable bonds is 8. The van der Waals surface area contributed by atoms with Crippen molar-refractivity contribution < 1.29 is 24.2 Å². The van der Waals surface area contributed by atoms with Gasteiger partial charge in [0, 0.05) is 25.6 Å². The summed E-state index contributed by atoms with van der Waals surface area (Å²) in [6, 6.07) is -1.06. The van der Waals surface area contributed by atoms with Crippen LogP contribution >= 0.6 is 0 Å². The van der Waals surface area contributed by atoms with E-state index in [1.165, 1.54) is 0 Å². The monoisotopic (exact) mass is 340 g/mol. The molecular weight excluding hydrogens is 312 g/mol. The van der Waals surface area contributed by atoms with E-state index in [1.54, 1.807) is 18.7 Å². The smallest absolute Gasteiger partial charge is 0.287 e. The number of amides is 2. The lowest BCUT2D eigenvalue weighted by Crippen LogP contribution is -2.52. The number of nitrogens with one attached hydrogen (secondary N) is 1. The Balaban J connectivity index is 2.81. The lowest BCUT2D eigenvalue weighted by atomic mass is 9.98. The topological polar surface area (TPSA) is 95.9 Å². The van der Waals surface area contributed by atoms with Crippen molar-refractivity contribution in [3.63, 3.8) is 0 Å². The van der Waals surface area contributed by atoms with Gasteiger partial charge in [0.15, 0.2) is 11.5 Å². The van der Waals surface area contributed by atoms with Gasteiger partial charge in [0.1, 0.15) is 11.6 Å². The zero-order valence-electron chi connectivity index (χ0n) is 14.9. The predicted octanol–water partition coefficient (Wildman–Crippen LogP) is 0.764. The second-order valence-corrected chi connectivity index (χ2v) is 6.55. The van der Waals surface area contributed by atoms with Crippen LogP contribution in [0.3, 0.4) is 0 Å². The van der Waals surface area contributed by atoms with Crippen LogP contribution in [0.25, 0.3) is 0 Å². The fraction of sp³-hybridized carbons (Fsp3) is 0.706. The zero-order valence-corrected chi connectivity index (χ0v) is 14.9. The number of allylic oxidation sites excluding steroid dienone is 1. The first-order valence-electron chi connectivity index (χ1n) is 8.38. The summed E-state index contributed by atoms with van der Waals surface area (Å²) in [6.45, 7) is 7.94. The van der Waals surface area contributed by atoms with Gasteiger partial charge in [-0.25, -0.2) is 0 Å². The second-order valence-electron chi connectivity index (χ2n) is 6.55. The molecule has 1 rings (SSSR count). The molecule has 0 aromatic rings. The van der Waals surface area contributed by atoms with Crippen LogP contribution in [0.4, 0.5) is 0 Å². The highest BCUT2D eigenvalue weighted by Gasteiger charge is 2.33. The molecule has 1 aliphatic heterocycles. The molecule has 0 saturated carbocycles. The molecule has 0 bridgehead atoms. The summed E-state index contributed by atoms with van der Waals surface area (Å²) in [7, 11) is 0. The van der Waals surface area contributed by atoms with Crippen molar-refractivity contribution in [1.29, 1.82) is 0 Å². The van der Waals surface area contributed by atoms with Crippen molar-refractivity contribution >= 4 is 17.6 Å². The van der Waals surface area contributed by atoms with Gasteiger partial charge in [0.05, 0.1) is 6.61 Å². The van der Waals surface area contributed by atoms with E-state index in [1.807, 2.05) is 13.8 Å². The van der Waals surface area contributed by atoms with Crippen LogP contribution in [-0.2, 0) is 19.1 Å². The molecule has 24 heavy (non-hydrogen) atoms. The number of nitrogens with zero attached hydrogens (tertiary/aromatic N) is 1. The van der Waals surface area contributed by atoms with Gasteiger partial charge in [-0.05, 0) is 26.7 Å². The molecule has 0 saturated heterocycles. The molecule has 0 spiro atoms. The van der Waals surface area contributed by atoms with Crippen molar-refractivity contribution in [2.45, 2.75) is 58.6 Å². The van der Waals surface area contributed by atoms with Crippen LogP contribution in [0, 0.1) is 0 Å². The molecular formula is C17H28N2O5. The van der Waals surface area contributed by atoms with Crippen molar-refractivity contribution in [2.75, 3.05) is 19.7 Å². The maximum atomic E-state index is 12.5. The Kier molecular flexibility index (Phi) is 7.41. The van der Waals surface area contributed by atoms with Crippen molar-refractivity contribution in [3.05, 3.63) is 11.8 Å². The van der Waals surface area contributed by atoms with Crippen molar-refractivity contribution in [1.82, 2.24) is 10.2 Å². The van der Waals surface area contributed by atoms with E-state index in [4.69, 9.17) is 4.74 Å². The normalized spacial score (nSPS) is 17.5. The lowest BCUT2D eigenvalue weighted by molar-refractivity contribution is -0.138. The first kappa shape index (κ1) is 20.2. The summed E-state index contributed by atoms with van der Waals surface area (Å²) in [5, 5.41) is 12.0.